The molecular formula is C25H28BrN7O2. The number of nitrogens with zero attached hydrogens (tertiary/aromatic N) is 4. The van der Waals surface area contributed by atoms with E-state index in [0.29, 0.717) is 36.3 Å². The number of imidazole rings is 1. The number of aromatic amines is 1. The van der Waals surface area contributed by atoms with Crippen molar-refractivity contribution >= 4 is 38.6 Å². The van der Waals surface area contributed by atoms with Crippen molar-refractivity contribution in [2.45, 2.75) is 75.7 Å². The van der Waals surface area contributed by atoms with Crippen LogP contribution in [0.5, 0.6) is 0 Å². The molecule has 3 aliphatic rings. The number of nitrogens with one attached hydrogen (secondary N) is 3. The highest BCUT2D eigenvalue weighted by Gasteiger charge is 2.51. The Morgan fingerprint density at radius 3 is 2.83 bits per heavy atom. The van der Waals surface area contributed by atoms with Crippen LogP contribution < -0.4 is 10.6 Å². The summed E-state index contributed by atoms with van der Waals surface area (Å²) >= 11 is 3.64. The van der Waals surface area contributed by atoms with Crippen molar-refractivity contribution < 1.29 is 9.21 Å². The molecule has 2 bridgehead atoms. The number of pyridine rings is 1. The van der Waals surface area contributed by atoms with Crippen LogP contribution >= 0.6 is 15.9 Å². The lowest BCUT2D eigenvalue weighted by Crippen LogP contribution is -2.45. The second-order valence-corrected chi connectivity index (χ2v) is 10.7. The van der Waals surface area contributed by atoms with E-state index >= 15 is 0 Å². The van der Waals surface area contributed by atoms with Crippen LogP contribution in [0.1, 0.15) is 56.5 Å². The van der Waals surface area contributed by atoms with Crippen molar-refractivity contribution in [2.24, 2.45) is 5.92 Å². The first kappa shape index (κ1) is 22.6. The highest BCUT2D eigenvalue weighted by Crippen LogP contribution is 2.45. The average molecular weight is 538 g/mol. The maximum Gasteiger partial charge on any atom is 0.225 e. The summed E-state index contributed by atoms with van der Waals surface area (Å²) in [7, 11) is 0. The largest absolute Gasteiger partial charge is 0.444 e. The van der Waals surface area contributed by atoms with Crippen molar-refractivity contribution in [3.05, 3.63) is 40.7 Å². The van der Waals surface area contributed by atoms with E-state index in [1.165, 1.54) is 6.42 Å². The molecule has 3 N–H and O–H groups in total. The van der Waals surface area contributed by atoms with E-state index in [4.69, 9.17) is 9.68 Å². The van der Waals surface area contributed by atoms with E-state index in [1.807, 2.05) is 6.07 Å². The predicted molar refractivity (Wildman–Crippen MR) is 133 cm³/mol. The molecule has 182 valence electrons. The summed E-state index contributed by atoms with van der Waals surface area (Å²) in [6.45, 7) is 0.461. The van der Waals surface area contributed by atoms with Gasteiger partial charge in [-0.15, -0.1) is 0 Å². The van der Waals surface area contributed by atoms with Crippen molar-refractivity contribution in [2.75, 3.05) is 5.32 Å². The molecular weight excluding hydrogens is 510 g/mol. The van der Waals surface area contributed by atoms with Gasteiger partial charge in [0.2, 0.25) is 11.7 Å². The molecule has 6 rings (SSSR count). The summed E-state index contributed by atoms with van der Waals surface area (Å²) in [5.41, 5.74) is 0.606. The highest BCUT2D eigenvalue weighted by molar-refractivity contribution is 9.10. The van der Waals surface area contributed by atoms with Gasteiger partial charge in [0.05, 0.1) is 23.1 Å². The quantitative estimate of drug-likeness (QED) is 0.432. The minimum absolute atomic E-state index is 0.0831. The molecule has 35 heavy (non-hydrogen) atoms. The molecule has 3 aromatic rings. The molecule has 3 unspecified atom stereocenters. The first-order valence-corrected chi connectivity index (χ1v) is 13.2. The molecule has 3 aromatic heterocycles. The number of H-pyrrole nitrogens is 1. The van der Waals surface area contributed by atoms with Gasteiger partial charge in [-0.3, -0.25) is 9.69 Å². The number of hydrogen-bond donors (Lipinski definition) is 3. The molecule has 2 aliphatic heterocycles. The third-order valence-corrected chi connectivity index (χ3v) is 8.80. The van der Waals surface area contributed by atoms with Crippen molar-refractivity contribution in [3.63, 3.8) is 0 Å². The standard InChI is InChI=1S/C25H28BrN7O2/c26-23-19-10-17(11-27)35-21(19)12-30-24(23)32-14-1-3-15(4-2-14)33-16-5-6-20(33)18(9-16)25(34)31-13-22-28-7-8-29-22/h7-8,10,12,14-16,18,20H,1-6,9,13H2,(H,28,29)(H,30,32)(H,31,34). The van der Waals surface area contributed by atoms with Gasteiger partial charge in [-0.25, -0.2) is 9.97 Å². The number of hydrogen-bond acceptors (Lipinski definition) is 7. The lowest BCUT2D eigenvalue weighted by molar-refractivity contribution is -0.126. The van der Waals surface area contributed by atoms with Crippen LogP contribution in [0.3, 0.4) is 0 Å². The van der Waals surface area contributed by atoms with Crippen molar-refractivity contribution in [1.29, 1.82) is 5.26 Å². The number of rotatable bonds is 6. The zero-order valence-electron chi connectivity index (χ0n) is 19.3. The van der Waals surface area contributed by atoms with Gasteiger partial charge in [-0.1, -0.05) is 0 Å². The van der Waals surface area contributed by atoms with Crippen molar-refractivity contribution in [1.82, 2.24) is 25.2 Å². The minimum Gasteiger partial charge on any atom is -0.444 e. The summed E-state index contributed by atoms with van der Waals surface area (Å²) in [4.78, 5) is 27.4. The fourth-order valence-electron chi connectivity index (χ4n) is 6.43. The van der Waals surface area contributed by atoms with E-state index in [9.17, 15) is 4.79 Å². The number of fused-ring (bicyclic) bond motifs is 3. The lowest BCUT2D eigenvalue weighted by Gasteiger charge is -2.38. The van der Waals surface area contributed by atoms with Crippen LogP contribution in [0.4, 0.5) is 5.82 Å². The van der Waals surface area contributed by atoms with Gasteiger partial charge in [0.25, 0.3) is 0 Å². The van der Waals surface area contributed by atoms with Crippen LogP contribution in [-0.4, -0.2) is 49.9 Å². The monoisotopic (exact) mass is 537 g/mol. The Morgan fingerprint density at radius 2 is 2.06 bits per heavy atom. The minimum atomic E-state index is 0.0831. The topological polar surface area (TPSA) is 123 Å². The second kappa shape index (κ2) is 9.28. The zero-order chi connectivity index (χ0) is 23.9. The smallest absolute Gasteiger partial charge is 0.225 e. The average Bonchev–Trinajstić information content (AvgIpc) is 3.68. The van der Waals surface area contributed by atoms with Crippen LogP contribution in [0, 0.1) is 17.2 Å². The Labute approximate surface area is 211 Å². The number of carbonyl (C=O) groups is 1. The lowest BCUT2D eigenvalue weighted by atomic mass is 9.88. The number of anilines is 1. The van der Waals surface area contributed by atoms with E-state index in [-0.39, 0.29) is 17.6 Å². The van der Waals surface area contributed by atoms with E-state index < -0.39 is 0 Å². The molecule has 10 heteroatoms. The molecule has 5 heterocycles. The van der Waals surface area contributed by atoms with Gasteiger partial charge in [0.15, 0.2) is 5.58 Å². The van der Waals surface area contributed by atoms with Gasteiger partial charge in [-0.2, -0.15) is 5.26 Å². The van der Waals surface area contributed by atoms with Crippen LogP contribution in [0.25, 0.3) is 11.0 Å². The van der Waals surface area contributed by atoms with Gasteiger partial charge in [0.1, 0.15) is 17.7 Å². The van der Waals surface area contributed by atoms with Crippen LogP contribution in [0.2, 0.25) is 0 Å². The summed E-state index contributed by atoms with van der Waals surface area (Å²) in [6.07, 6.45) is 12.8. The van der Waals surface area contributed by atoms with Gasteiger partial charge < -0.3 is 20.0 Å². The molecule has 1 aliphatic carbocycles. The number of nitriles is 1. The third-order valence-electron chi connectivity index (χ3n) is 8.00. The molecule has 9 nitrogen and oxygen atoms in total. The number of halogens is 1. The van der Waals surface area contributed by atoms with E-state index in [2.05, 4.69) is 46.4 Å². The molecule has 0 spiro atoms. The highest BCUT2D eigenvalue weighted by atomic mass is 79.9. The SMILES string of the molecule is N#Cc1cc2c(Br)c(NC3CCC(N4C5CCC4C(C(=O)NCc4ncc[nH]4)C5)CC3)ncc2o1. The van der Waals surface area contributed by atoms with Crippen LogP contribution in [-0.2, 0) is 11.3 Å². The zero-order valence-corrected chi connectivity index (χ0v) is 20.9. The first-order chi connectivity index (χ1) is 17.1. The second-order valence-electron chi connectivity index (χ2n) is 9.91. The summed E-state index contributed by atoms with van der Waals surface area (Å²) in [5, 5.41) is 16.7. The maximum atomic E-state index is 12.9. The van der Waals surface area contributed by atoms with Gasteiger partial charge >= 0.3 is 0 Å². The fraction of sp³-hybridized carbons (Fsp3) is 0.520. The molecule has 1 amide bonds. The predicted octanol–water partition coefficient (Wildman–Crippen LogP) is 4.08. The fourth-order valence-corrected chi connectivity index (χ4v) is 6.95. The van der Waals surface area contributed by atoms with Crippen LogP contribution in [0.15, 0.2) is 33.5 Å². The maximum absolute atomic E-state index is 12.9. The number of aromatic nitrogens is 3. The first-order valence-electron chi connectivity index (χ1n) is 12.4. The normalized spacial score (nSPS) is 28.3. The third kappa shape index (κ3) is 4.21. The number of carbonyl (C=O) groups excluding carboxylic acids is 1. The molecule has 3 atom stereocenters. The van der Waals surface area contributed by atoms with Crippen molar-refractivity contribution in [3.8, 4) is 6.07 Å². The van der Waals surface area contributed by atoms with E-state index in [1.54, 1.807) is 24.7 Å². The van der Waals surface area contributed by atoms with Gasteiger partial charge in [-0.05, 0) is 60.9 Å². The summed E-state index contributed by atoms with van der Waals surface area (Å²) in [6, 6.07) is 5.57. The molecule has 2 saturated heterocycles. The molecule has 0 radical (unpaired) electrons. The summed E-state index contributed by atoms with van der Waals surface area (Å²) in [5.74, 6) is 2.12. The Bertz CT molecular complexity index is 1260. The number of furan rings is 1. The molecule has 0 aromatic carbocycles. The Hall–Kier alpha value is -2.90. The van der Waals surface area contributed by atoms with Gasteiger partial charge in [0, 0.05) is 48.0 Å². The van der Waals surface area contributed by atoms with E-state index in [0.717, 1.165) is 60.0 Å². The Balaban J connectivity index is 1.05. The Kier molecular flexibility index (Phi) is 5.98. The number of amides is 1. The molecule has 1 saturated carbocycles. The Morgan fingerprint density at radius 1 is 1.23 bits per heavy atom. The molecule has 3 fully saturated rings. The summed E-state index contributed by atoms with van der Waals surface area (Å²) < 4.78 is 6.32.